The van der Waals surface area contributed by atoms with E-state index in [1.165, 1.54) is 12.8 Å². The van der Waals surface area contributed by atoms with Crippen LogP contribution in [0.4, 0.5) is 5.69 Å². The van der Waals surface area contributed by atoms with Crippen LogP contribution in [0.15, 0.2) is 6.20 Å². The van der Waals surface area contributed by atoms with E-state index in [9.17, 15) is 0 Å². The van der Waals surface area contributed by atoms with Crippen molar-refractivity contribution in [3.63, 3.8) is 0 Å². The van der Waals surface area contributed by atoms with E-state index < -0.39 is 0 Å². The summed E-state index contributed by atoms with van der Waals surface area (Å²) in [7, 11) is 1.97. The fourth-order valence-corrected chi connectivity index (χ4v) is 2.10. The van der Waals surface area contributed by atoms with Gasteiger partial charge >= 0.3 is 0 Å². The number of nitrogens with two attached hydrogens (primary N) is 1. The highest BCUT2D eigenvalue weighted by Crippen LogP contribution is 2.43. The number of anilines is 1. The van der Waals surface area contributed by atoms with Gasteiger partial charge in [0, 0.05) is 19.2 Å². The van der Waals surface area contributed by atoms with Gasteiger partial charge in [0.25, 0.3) is 0 Å². The largest absolute Gasteiger partial charge is 0.397 e. The third-order valence-corrected chi connectivity index (χ3v) is 2.95. The SMILES string of the molecule is Cc1nc(C2CC2)c2c(N)cn(C)c2n1. The van der Waals surface area contributed by atoms with Crippen molar-refractivity contribution < 1.29 is 0 Å². The van der Waals surface area contributed by atoms with Gasteiger partial charge in [0.05, 0.1) is 16.8 Å². The van der Waals surface area contributed by atoms with Crippen LogP contribution in [0.2, 0.25) is 0 Å². The van der Waals surface area contributed by atoms with Crippen molar-refractivity contribution in [1.82, 2.24) is 14.5 Å². The van der Waals surface area contributed by atoms with Crippen molar-refractivity contribution in [3.05, 3.63) is 17.7 Å². The lowest BCUT2D eigenvalue weighted by Crippen LogP contribution is -1.98. The molecular weight excluding hydrogens is 188 g/mol. The Morgan fingerprint density at radius 3 is 2.80 bits per heavy atom. The number of rotatable bonds is 1. The first-order chi connectivity index (χ1) is 7.16. The molecule has 1 aliphatic rings. The molecule has 0 saturated heterocycles. The summed E-state index contributed by atoms with van der Waals surface area (Å²) >= 11 is 0. The highest BCUT2D eigenvalue weighted by atomic mass is 15.0. The van der Waals surface area contributed by atoms with Crippen LogP contribution in [0.1, 0.15) is 30.3 Å². The highest BCUT2D eigenvalue weighted by Gasteiger charge is 2.29. The van der Waals surface area contributed by atoms with Crippen LogP contribution in [-0.2, 0) is 7.05 Å². The van der Waals surface area contributed by atoms with Crippen LogP contribution >= 0.6 is 0 Å². The minimum atomic E-state index is 0.610. The van der Waals surface area contributed by atoms with Gasteiger partial charge in [-0.05, 0) is 19.8 Å². The molecule has 0 radical (unpaired) electrons. The van der Waals surface area contributed by atoms with Gasteiger partial charge in [0.2, 0.25) is 0 Å². The van der Waals surface area contributed by atoms with E-state index in [-0.39, 0.29) is 0 Å². The predicted molar refractivity (Wildman–Crippen MR) is 59.6 cm³/mol. The van der Waals surface area contributed by atoms with Crippen molar-refractivity contribution in [1.29, 1.82) is 0 Å². The van der Waals surface area contributed by atoms with Crippen LogP contribution in [0, 0.1) is 6.92 Å². The Bertz CT molecular complexity index is 537. The normalized spacial score (nSPS) is 16.1. The summed E-state index contributed by atoms with van der Waals surface area (Å²) in [5.41, 5.74) is 8.90. The summed E-state index contributed by atoms with van der Waals surface area (Å²) in [6.07, 6.45) is 4.39. The van der Waals surface area contributed by atoms with Crippen molar-refractivity contribution in [3.8, 4) is 0 Å². The lowest BCUT2D eigenvalue weighted by molar-refractivity contribution is 0.913. The molecule has 0 bridgehead atoms. The van der Waals surface area contributed by atoms with E-state index in [0.29, 0.717) is 5.92 Å². The molecule has 1 saturated carbocycles. The van der Waals surface area contributed by atoms with Gasteiger partial charge in [-0.3, -0.25) is 0 Å². The van der Waals surface area contributed by atoms with E-state index in [0.717, 1.165) is 28.2 Å². The second-order valence-corrected chi connectivity index (χ2v) is 4.32. The monoisotopic (exact) mass is 202 g/mol. The average molecular weight is 202 g/mol. The number of nitrogen functional groups attached to an aromatic ring is 1. The van der Waals surface area contributed by atoms with E-state index >= 15 is 0 Å². The number of nitrogens with zero attached hydrogens (tertiary/aromatic N) is 3. The molecule has 0 aliphatic heterocycles. The van der Waals surface area contributed by atoms with Crippen LogP contribution in [0.3, 0.4) is 0 Å². The second kappa shape index (κ2) is 2.72. The van der Waals surface area contributed by atoms with E-state index in [4.69, 9.17) is 5.73 Å². The minimum absolute atomic E-state index is 0.610. The van der Waals surface area contributed by atoms with Gasteiger partial charge in [-0.2, -0.15) is 0 Å². The summed E-state index contributed by atoms with van der Waals surface area (Å²) in [5.74, 6) is 1.45. The highest BCUT2D eigenvalue weighted by molar-refractivity contribution is 5.92. The third-order valence-electron chi connectivity index (χ3n) is 2.95. The van der Waals surface area contributed by atoms with Crippen molar-refractivity contribution in [2.24, 2.45) is 7.05 Å². The van der Waals surface area contributed by atoms with E-state index in [1.807, 2.05) is 24.7 Å². The molecule has 1 fully saturated rings. The molecule has 15 heavy (non-hydrogen) atoms. The van der Waals surface area contributed by atoms with Crippen LogP contribution in [-0.4, -0.2) is 14.5 Å². The Labute approximate surface area is 88.1 Å². The fraction of sp³-hybridized carbons (Fsp3) is 0.455. The molecule has 2 N–H and O–H groups in total. The van der Waals surface area contributed by atoms with Crippen molar-refractivity contribution in [2.75, 3.05) is 5.73 Å². The molecular formula is C11H14N4. The lowest BCUT2D eigenvalue weighted by atomic mass is 10.2. The number of aryl methyl sites for hydroxylation is 2. The smallest absolute Gasteiger partial charge is 0.145 e. The zero-order valence-corrected chi connectivity index (χ0v) is 8.99. The maximum Gasteiger partial charge on any atom is 0.145 e. The van der Waals surface area contributed by atoms with E-state index in [2.05, 4.69) is 9.97 Å². The first-order valence-electron chi connectivity index (χ1n) is 5.26. The van der Waals surface area contributed by atoms with Gasteiger partial charge in [0.15, 0.2) is 0 Å². The molecule has 0 spiro atoms. The molecule has 4 nitrogen and oxygen atoms in total. The van der Waals surface area contributed by atoms with E-state index in [1.54, 1.807) is 0 Å². The van der Waals surface area contributed by atoms with Gasteiger partial charge in [-0.25, -0.2) is 9.97 Å². The number of hydrogen-bond donors (Lipinski definition) is 1. The molecule has 2 heterocycles. The van der Waals surface area contributed by atoms with Gasteiger partial charge in [-0.1, -0.05) is 0 Å². The second-order valence-electron chi connectivity index (χ2n) is 4.32. The average Bonchev–Trinajstić information content (AvgIpc) is 2.95. The van der Waals surface area contributed by atoms with Gasteiger partial charge in [-0.15, -0.1) is 0 Å². The Morgan fingerprint density at radius 1 is 1.40 bits per heavy atom. The van der Waals surface area contributed by atoms with Gasteiger partial charge in [0.1, 0.15) is 11.5 Å². The molecule has 78 valence electrons. The first-order valence-corrected chi connectivity index (χ1v) is 5.26. The molecule has 3 rings (SSSR count). The van der Waals surface area contributed by atoms with Crippen LogP contribution in [0.5, 0.6) is 0 Å². The minimum Gasteiger partial charge on any atom is -0.397 e. The molecule has 0 aromatic carbocycles. The molecule has 2 aromatic heterocycles. The predicted octanol–water partition coefficient (Wildman–Crippen LogP) is 1.74. The topological polar surface area (TPSA) is 56.7 Å². The zero-order chi connectivity index (χ0) is 10.6. The molecule has 1 aliphatic carbocycles. The Hall–Kier alpha value is -1.58. The summed E-state index contributed by atoms with van der Waals surface area (Å²) in [6.45, 7) is 1.94. The van der Waals surface area contributed by atoms with Gasteiger partial charge < -0.3 is 10.3 Å². The molecule has 4 heteroatoms. The summed E-state index contributed by atoms with van der Waals surface area (Å²) in [5, 5.41) is 1.06. The number of aromatic nitrogens is 3. The Balaban J connectivity index is 2.40. The van der Waals surface area contributed by atoms with Crippen molar-refractivity contribution >= 4 is 16.7 Å². The standard InChI is InChI=1S/C11H14N4/c1-6-13-10(7-3-4-7)9-8(12)5-15(2)11(9)14-6/h5,7H,3-4,12H2,1-2H3. The number of hydrogen-bond acceptors (Lipinski definition) is 3. The molecule has 0 unspecified atom stereocenters. The molecule has 0 atom stereocenters. The summed E-state index contributed by atoms with van der Waals surface area (Å²) < 4.78 is 1.98. The molecule has 2 aromatic rings. The molecule has 0 amide bonds. The quantitative estimate of drug-likeness (QED) is 0.766. The lowest BCUT2D eigenvalue weighted by Gasteiger charge is -2.03. The maximum atomic E-state index is 5.99. The zero-order valence-electron chi connectivity index (χ0n) is 8.99. The summed E-state index contributed by atoms with van der Waals surface area (Å²) in [6, 6.07) is 0. The van der Waals surface area contributed by atoms with Crippen LogP contribution in [0.25, 0.3) is 11.0 Å². The Morgan fingerprint density at radius 2 is 2.13 bits per heavy atom. The first kappa shape index (κ1) is 8.71. The fourth-order valence-electron chi connectivity index (χ4n) is 2.10. The maximum absolute atomic E-state index is 5.99. The summed E-state index contributed by atoms with van der Waals surface area (Å²) in [4.78, 5) is 8.97. The Kier molecular flexibility index (Phi) is 1.58. The number of fused-ring (bicyclic) bond motifs is 1. The van der Waals surface area contributed by atoms with Crippen LogP contribution < -0.4 is 5.73 Å². The third kappa shape index (κ3) is 1.21. The van der Waals surface area contributed by atoms with Crippen molar-refractivity contribution in [2.45, 2.75) is 25.7 Å².